The predicted octanol–water partition coefficient (Wildman–Crippen LogP) is 3.06. The van der Waals surface area contributed by atoms with Crippen molar-refractivity contribution in [2.45, 2.75) is 6.54 Å². The molecule has 0 bridgehead atoms. The molecule has 108 valence electrons. The van der Waals surface area contributed by atoms with Crippen molar-refractivity contribution in [3.05, 3.63) is 66.6 Å². The molecule has 0 saturated heterocycles. The second kappa shape index (κ2) is 5.04. The second-order valence-electron chi connectivity index (χ2n) is 5.24. The van der Waals surface area contributed by atoms with E-state index >= 15 is 0 Å². The smallest absolute Gasteiger partial charge is 0.145 e. The first-order valence-electron chi connectivity index (χ1n) is 7.10. The number of benzene rings is 1. The number of nitrogens with two attached hydrogens (primary N) is 1. The molecule has 3 aromatic heterocycles. The molecule has 0 fully saturated rings. The number of pyridine rings is 1. The summed E-state index contributed by atoms with van der Waals surface area (Å²) in [7, 11) is 0. The van der Waals surface area contributed by atoms with Gasteiger partial charge in [0.25, 0.3) is 0 Å². The molecule has 4 rings (SSSR count). The summed E-state index contributed by atoms with van der Waals surface area (Å²) in [6.45, 7) is 0.749. The predicted molar refractivity (Wildman–Crippen MR) is 87.3 cm³/mol. The van der Waals surface area contributed by atoms with Crippen LogP contribution in [0.4, 0.5) is 5.82 Å². The zero-order chi connectivity index (χ0) is 14.9. The van der Waals surface area contributed by atoms with Gasteiger partial charge in [-0.3, -0.25) is 10.1 Å². The second-order valence-corrected chi connectivity index (χ2v) is 5.24. The first kappa shape index (κ1) is 12.6. The molecule has 0 unspecified atom stereocenters. The fourth-order valence-electron chi connectivity index (χ4n) is 2.64. The zero-order valence-electron chi connectivity index (χ0n) is 11.9. The average Bonchev–Trinajstić information content (AvgIpc) is 3.15. The van der Waals surface area contributed by atoms with E-state index in [0.29, 0.717) is 5.82 Å². The highest BCUT2D eigenvalue weighted by Gasteiger charge is 2.07. The normalized spacial score (nSPS) is 11.1. The number of hydrogen-bond donors (Lipinski definition) is 2. The van der Waals surface area contributed by atoms with Gasteiger partial charge in [0.2, 0.25) is 0 Å². The van der Waals surface area contributed by atoms with Crippen LogP contribution in [0, 0.1) is 0 Å². The quantitative estimate of drug-likeness (QED) is 0.609. The number of nitrogens with one attached hydrogen (secondary N) is 1. The summed E-state index contributed by atoms with van der Waals surface area (Å²) in [4.78, 5) is 4.39. The fourth-order valence-corrected chi connectivity index (χ4v) is 2.64. The van der Waals surface area contributed by atoms with Gasteiger partial charge in [-0.05, 0) is 29.7 Å². The van der Waals surface area contributed by atoms with Gasteiger partial charge in [0.1, 0.15) is 5.82 Å². The Kier molecular flexibility index (Phi) is 2.89. The molecule has 5 nitrogen and oxygen atoms in total. The van der Waals surface area contributed by atoms with Gasteiger partial charge in [0.15, 0.2) is 0 Å². The van der Waals surface area contributed by atoms with Crippen LogP contribution in [0.15, 0.2) is 60.9 Å². The highest BCUT2D eigenvalue weighted by Crippen LogP contribution is 2.25. The molecule has 3 heterocycles. The SMILES string of the molecule is Nc1cc(-c2ccc3ccn(Cc4ccccn4)c3c2)[nH]n1. The summed E-state index contributed by atoms with van der Waals surface area (Å²) in [5, 5.41) is 8.14. The van der Waals surface area contributed by atoms with Crippen LogP contribution in [0.2, 0.25) is 0 Å². The van der Waals surface area contributed by atoms with Crippen molar-refractivity contribution in [2.75, 3.05) is 5.73 Å². The lowest BCUT2D eigenvalue weighted by Crippen LogP contribution is -1.99. The Morgan fingerprint density at radius 1 is 1.09 bits per heavy atom. The summed E-state index contributed by atoms with van der Waals surface area (Å²) in [5.74, 6) is 0.499. The molecule has 3 N–H and O–H groups in total. The number of fused-ring (bicyclic) bond motifs is 1. The molecule has 0 spiro atoms. The number of H-pyrrole nitrogens is 1. The van der Waals surface area contributed by atoms with Crippen molar-refractivity contribution in [1.29, 1.82) is 0 Å². The standard InChI is InChI=1S/C17H15N5/c18-17-10-15(20-21-17)13-5-4-12-6-8-22(16(12)9-13)11-14-3-1-2-7-19-14/h1-10H,11H2,(H3,18,20,21). The highest BCUT2D eigenvalue weighted by atomic mass is 15.2. The molecule has 0 aliphatic rings. The number of rotatable bonds is 3. The summed E-state index contributed by atoms with van der Waals surface area (Å²) in [6, 6.07) is 16.2. The number of aromatic amines is 1. The third-order valence-corrected chi connectivity index (χ3v) is 3.74. The van der Waals surface area contributed by atoms with E-state index in [0.717, 1.165) is 29.0 Å². The Morgan fingerprint density at radius 3 is 2.82 bits per heavy atom. The topological polar surface area (TPSA) is 72.5 Å². The lowest BCUT2D eigenvalue weighted by Gasteiger charge is -2.06. The van der Waals surface area contributed by atoms with Gasteiger partial charge >= 0.3 is 0 Å². The van der Waals surface area contributed by atoms with E-state index in [2.05, 4.69) is 50.2 Å². The molecule has 0 radical (unpaired) electrons. The molecule has 0 saturated carbocycles. The highest BCUT2D eigenvalue weighted by molar-refractivity contribution is 5.85. The van der Waals surface area contributed by atoms with Gasteiger partial charge in [0.05, 0.1) is 17.9 Å². The monoisotopic (exact) mass is 289 g/mol. The zero-order valence-corrected chi connectivity index (χ0v) is 11.9. The third kappa shape index (κ3) is 2.22. The molecule has 0 atom stereocenters. The van der Waals surface area contributed by atoms with Gasteiger partial charge in [-0.2, -0.15) is 5.10 Å². The van der Waals surface area contributed by atoms with E-state index in [9.17, 15) is 0 Å². The summed E-state index contributed by atoms with van der Waals surface area (Å²) >= 11 is 0. The van der Waals surface area contributed by atoms with Crippen molar-refractivity contribution in [1.82, 2.24) is 19.7 Å². The maximum absolute atomic E-state index is 5.68. The lowest BCUT2D eigenvalue weighted by molar-refractivity contribution is 0.807. The van der Waals surface area contributed by atoms with E-state index in [1.165, 1.54) is 5.39 Å². The summed E-state index contributed by atoms with van der Waals surface area (Å²) in [6.07, 6.45) is 3.91. The van der Waals surface area contributed by atoms with Crippen molar-refractivity contribution in [2.24, 2.45) is 0 Å². The van der Waals surface area contributed by atoms with Crippen LogP contribution in [0.25, 0.3) is 22.2 Å². The van der Waals surface area contributed by atoms with Gasteiger partial charge < -0.3 is 10.3 Å². The van der Waals surface area contributed by atoms with Crippen LogP contribution in [0.3, 0.4) is 0 Å². The third-order valence-electron chi connectivity index (χ3n) is 3.74. The number of hydrogen-bond acceptors (Lipinski definition) is 3. The minimum absolute atomic E-state index is 0.499. The Labute approximate surface area is 127 Å². The van der Waals surface area contributed by atoms with Gasteiger partial charge in [-0.1, -0.05) is 18.2 Å². The minimum Gasteiger partial charge on any atom is -0.382 e. The van der Waals surface area contributed by atoms with E-state index in [-0.39, 0.29) is 0 Å². The Morgan fingerprint density at radius 2 is 2.05 bits per heavy atom. The molecule has 22 heavy (non-hydrogen) atoms. The van der Waals surface area contributed by atoms with E-state index in [1.54, 1.807) is 0 Å². The summed E-state index contributed by atoms with van der Waals surface area (Å²) in [5.41, 5.74) is 9.87. The van der Waals surface area contributed by atoms with Crippen LogP contribution in [-0.2, 0) is 6.54 Å². The van der Waals surface area contributed by atoms with Crippen molar-refractivity contribution < 1.29 is 0 Å². The largest absolute Gasteiger partial charge is 0.382 e. The van der Waals surface area contributed by atoms with Gasteiger partial charge in [0, 0.05) is 29.5 Å². The van der Waals surface area contributed by atoms with E-state index in [1.807, 2.05) is 30.5 Å². The van der Waals surface area contributed by atoms with E-state index < -0.39 is 0 Å². The van der Waals surface area contributed by atoms with Crippen molar-refractivity contribution in [3.63, 3.8) is 0 Å². The molecule has 0 aliphatic carbocycles. The Balaban J connectivity index is 1.76. The average molecular weight is 289 g/mol. The number of nitrogen functional groups attached to an aromatic ring is 1. The molecule has 5 heteroatoms. The molecule has 0 amide bonds. The molecule has 0 aliphatic heterocycles. The minimum atomic E-state index is 0.499. The van der Waals surface area contributed by atoms with Crippen LogP contribution < -0.4 is 5.73 Å². The van der Waals surface area contributed by atoms with Crippen molar-refractivity contribution >= 4 is 16.7 Å². The number of nitrogens with zero attached hydrogens (tertiary/aromatic N) is 3. The Bertz CT molecular complexity index is 921. The fraction of sp³-hybridized carbons (Fsp3) is 0.0588. The Hall–Kier alpha value is -3.08. The molecule has 1 aromatic carbocycles. The van der Waals surface area contributed by atoms with Crippen LogP contribution in [-0.4, -0.2) is 19.7 Å². The lowest BCUT2D eigenvalue weighted by atomic mass is 10.1. The first-order chi connectivity index (χ1) is 10.8. The van der Waals surface area contributed by atoms with Gasteiger partial charge in [-0.25, -0.2) is 0 Å². The van der Waals surface area contributed by atoms with Crippen molar-refractivity contribution in [3.8, 4) is 11.3 Å². The molecule has 4 aromatic rings. The number of aromatic nitrogens is 4. The maximum Gasteiger partial charge on any atom is 0.145 e. The first-order valence-corrected chi connectivity index (χ1v) is 7.10. The van der Waals surface area contributed by atoms with Crippen LogP contribution in [0.5, 0.6) is 0 Å². The van der Waals surface area contributed by atoms with Crippen LogP contribution in [0.1, 0.15) is 5.69 Å². The molecular formula is C17H15N5. The molecular weight excluding hydrogens is 274 g/mol. The number of anilines is 1. The summed E-state index contributed by atoms with van der Waals surface area (Å²) < 4.78 is 2.20. The van der Waals surface area contributed by atoms with Crippen LogP contribution >= 0.6 is 0 Å². The maximum atomic E-state index is 5.68. The van der Waals surface area contributed by atoms with E-state index in [4.69, 9.17) is 5.73 Å². The van der Waals surface area contributed by atoms with Gasteiger partial charge in [-0.15, -0.1) is 0 Å².